The molecule has 2 heteroatoms. The van der Waals surface area contributed by atoms with Crippen molar-refractivity contribution in [3.8, 4) is 61.3 Å². The number of para-hydroxylation sites is 5. The third-order valence-electron chi connectivity index (χ3n) is 16.5. The number of hydrogen-bond donors (Lipinski definition) is 0. The maximum Gasteiger partial charge on any atom is 0.0713 e. The maximum atomic E-state index is 2.51. The van der Waals surface area contributed by atoms with Crippen LogP contribution in [-0.2, 0) is 5.41 Å². The molecule has 0 radical (unpaired) electrons. The van der Waals surface area contributed by atoms with Crippen molar-refractivity contribution >= 4 is 49.6 Å². The van der Waals surface area contributed by atoms with E-state index in [0.29, 0.717) is 0 Å². The van der Waals surface area contributed by atoms with Gasteiger partial charge in [-0.1, -0.05) is 273 Å². The highest BCUT2D eigenvalue weighted by molar-refractivity contribution is 6.15. The largest absolute Gasteiger partial charge is 0.309 e. The van der Waals surface area contributed by atoms with E-state index in [1.54, 1.807) is 0 Å². The molecule has 79 heavy (non-hydrogen) atoms. The highest BCUT2D eigenvalue weighted by Crippen LogP contribution is 2.58. The molecule has 14 aromatic rings. The Morgan fingerprint density at radius 3 is 1.46 bits per heavy atom. The van der Waals surface area contributed by atoms with E-state index in [4.69, 9.17) is 0 Å². The molecule has 0 atom stereocenters. The topological polar surface area (TPSA) is 8.17 Å². The standard InChI is InChI=1S/C77H52N2/c1-5-25-53(26-6-1)60-39-21-27-55-28-22-41-65(74(55)60)62-35-14-18-46-71(62)78(72-47-19-15-36-63(72)66-42-23-43-67-64-37-16-20-48-73(64)79(76(66)67)58-33-11-4-12-34-58)59-51-49-54(50-52-59)61-40-24-45-70-75(61)68-38-13-17-44-69(68)77(70,56-29-7-2-8-30-56)57-31-9-3-10-32-57/h1-52H. The molecule has 1 heterocycles. The van der Waals surface area contributed by atoms with Gasteiger partial charge < -0.3 is 9.47 Å². The summed E-state index contributed by atoms with van der Waals surface area (Å²) in [4.78, 5) is 2.51. The van der Waals surface area contributed by atoms with Gasteiger partial charge in [0.25, 0.3) is 0 Å². The molecule has 0 N–H and O–H groups in total. The molecular weight excluding hydrogens is 953 g/mol. The normalized spacial score (nSPS) is 12.4. The number of aromatic nitrogens is 1. The second-order valence-corrected chi connectivity index (χ2v) is 20.6. The van der Waals surface area contributed by atoms with Crippen LogP contribution in [0.5, 0.6) is 0 Å². The van der Waals surface area contributed by atoms with E-state index in [2.05, 4.69) is 325 Å². The van der Waals surface area contributed by atoms with Gasteiger partial charge in [0.2, 0.25) is 0 Å². The predicted molar refractivity (Wildman–Crippen MR) is 332 cm³/mol. The van der Waals surface area contributed by atoms with Crippen LogP contribution in [0.4, 0.5) is 17.1 Å². The van der Waals surface area contributed by atoms with E-state index in [1.165, 1.54) is 88.2 Å². The highest BCUT2D eigenvalue weighted by atomic mass is 15.1. The van der Waals surface area contributed by atoms with Crippen molar-refractivity contribution in [3.05, 3.63) is 338 Å². The summed E-state index contributed by atoms with van der Waals surface area (Å²) in [6.45, 7) is 0. The number of rotatable bonds is 10. The lowest BCUT2D eigenvalue weighted by Crippen LogP contribution is -2.28. The van der Waals surface area contributed by atoms with Gasteiger partial charge in [-0.05, 0) is 114 Å². The molecule has 0 aliphatic heterocycles. The first-order valence-corrected chi connectivity index (χ1v) is 27.3. The summed E-state index contributed by atoms with van der Waals surface area (Å²) in [7, 11) is 0. The fraction of sp³-hybridized carbons (Fsp3) is 0.0130. The summed E-state index contributed by atoms with van der Waals surface area (Å²) in [5.41, 5.74) is 23.2. The second kappa shape index (κ2) is 19.1. The number of anilines is 3. The first kappa shape index (κ1) is 46.1. The van der Waals surface area contributed by atoms with Crippen molar-refractivity contribution in [2.75, 3.05) is 4.90 Å². The van der Waals surface area contributed by atoms with Crippen molar-refractivity contribution in [3.63, 3.8) is 0 Å². The molecular formula is C77H52N2. The zero-order valence-electron chi connectivity index (χ0n) is 43.4. The minimum atomic E-state index is -0.494. The van der Waals surface area contributed by atoms with E-state index in [9.17, 15) is 0 Å². The summed E-state index contributed by atoms with van der Waals surface area (Å²) in [6, 6.07) is 116. The van der Waals surface area contributed by atoms with Crippen LogP contribution in [0.25, 0.3) is 93.9 Å². The first-order chi connectivity index (χ1) is 39.3. The Morgan fingerprint density at radius 1 is 0.291 bits per heavy atom. The number of nitrogens with zero attached hydrogens (tertiary/aromatic N) is 2. The Hall–Kier alpha value is -10.3. The minimum Gasteiger partial charge on any atom is -0.309 e. The average molecular weight is 1010 g/mol. The molecule has 1 aliphatic carbocycles. The third-order valence-corrected chi connectivity index (χ3v) is 16.5. The molecule has 0 amide bonds. The molecule has 15 rings (SSSR count). The fourth-order valence-electron chi connectivity index (χ4n) is 13.2. The van der Waals surface area contributed by atoms with Gasteiger partial charge in [-0.3, -0.25) is 0 Å². The summed E-state index contributed by atoms with van der Waals surface area (Å²) in [5, 5.41) is 4.87. The summed E-state index contributed by atoms with van der Waals surface area (Å²) < 4.78 is 2.45. The molecule has 0 unspecified atom stereocenters. The molecule has 1 aliphatic rings. The molecule has 13 aromatic carbocycles. The Morgan fingerprint density at radius 2 is 0.759 bits per heavy atom. The number of hydrogen-bond acceptors (Lipinski definition) is 1. The van der Waals surface area contributed by atoms with Gasteiger partial charge in [-0.2, -0.15) is 0 Å². The van der Waals surface area contributed by atoms with Gasteiger partial charge in [-0.15, -0.1) is 0 Å². The zero-order chi connectivity index (χ0) is 52.3. The number of fused-ring (bicyclic) bond motifs is 7. The van der Waals surface area contributed by atoms with Gasteiger partial charge in [0.1, 0.15) is 0 Å². The van der Waals surface area contributed by atoms with Crippen molar-refractivity contribution < 1.29 is 0 Å². The summed E-state index contributed by atoms with van der Waals surface area (Å²) >= 11 is 0. The van der Waals surface area contributed by atoms with E-state index in [1.807, 2.05) is 0 Å². The molecule has 2 nitrogen and oxygen atoms in total. The van der Waals surface area contributed by atoms with E-state index < -0.39 is 5.41 Å². The molecule has 0 spiro atoms. The second-order valence-electron chi connectivity index (χ2n) is 20.6. The smallest absolute Gasteiger partial charge is 0.0713 e. The monoisotopic (exact) mass is 1000 g/mol. The number of benzene rings is 13. The van der Waals surface area contributed by atoms with Crippen LogP contribution in [0.15, 0.2) is 315 Å². The van der Waals surface area contributed by atoms with Gasteiger partial charge in [0, 0.05) is 38.8 Å². The van der Waals surface area contributed by atoms with Gasteiger partial charge >= 0.3 is 0 Å². The lowest BCUT2D eigenvalue weighted by Gasteiger charge is -2.34. The van der Waals surface area contributed by atoms with Crippen LogP contribution < -0.4 is 4.90 Å². The summed E-state index contributed by atoms with van der Waals surface area (Å²) in [5.74, 6) is 0. The van der Waals surface area contributed by atoms with Gasteiger partial charge in [0.15, 0.2) is 0 Å². The Labute approximate surface area is 461 Å². The summed E-state index contributed by atoms with van der Waals surface area (Å²) in [6.07, 6.45) is 0. The Balaban J connectivity index is 0.967. The van der Waals surface area contributed by atoms with Crippen molar-refractivity contribution in [1.29, 1.82) is 0 Å². The molecule has 0 bridgehead atoms. The molecule has 1 aromatic heterocycles. The van der Waals surface area contributed by atoms with Crippen LogP contribution in [-0.4, -0.2) is 4.57 Å². The van der Waals surface area contributed by atoms with E-state index >= 15 is 0 Å². The van der Waals surface area contributed by atoms with Crippen LogP contribution >= 0.6 is 0 Å². The van der Waals surface area contributed by atoms with E-state index in [0.717, 1.165) is 45.0 Å². The van der Waals surface area contributed by atoms with E-state index in [-0.39, 0.29) is 0 Å². The average Bonchev–Trinajstić information content (AvgIpc) is 4.08. The lowest BCUT2D eigenvalue weighted by molar-refractivity contribution is 0.768. The van der Waals surface area contributed by atoms with Crippen LogP contribution in [0.2, 0.25) is 0 Å². The van der Waals surface area contributed by atoms with Gasteiger partial charge in [0.05, 0.1) is 27.8 Å². The quantitative estimate of drug-likeness (QED) is 0.133. The Kier molecular flexibility index (Phi) is 11.1. The van der Waals surface area contributed by atoms with Crippen molar-refractivity contribution in [2.24, 2.45) is 0 Å². The Bertz CT molecular complexity index is 4530. The SMILES string of the molecule is c1ccc(-c2cccc3cccc(-c4ccccc4N(c4ccc(-c5cccc6c5-c5ccccc5C6(c5ccccc5)c5ccccc5)cc4)c4ccccc4-c4cccc5c6ccccc6n(-c6ccccc6)c45)c23)cc1. The van der Waals surface area contributed by atoms with Gasteiger partial charge in [-0.25, -0.2) is 0 Å². The van der Waals surface area contributed by atoms with Crippen LogP contribution in [0.3, 0.4) is 0 Å². The van der Waals surface area contributed by atoms with Crippen molar-refractivity contribution in [1.82, 2.24) is 4.57 Å². The lowest BCUT2D eigenvalue weighted by atomic mass is 9.67. The predicted octanol–water partition coefficient (Wildman–Crippen LogP) is 20.4. The molecule has 0 fully saturated rings. The molecule has 370 valence electrons. The minimum absolute atomic E-state index is 0.494. The van der Waals surface area contributed by atoms with Crippen LogP contribution in [0.1, 0.15) is 22.3 Å². The molecule has 0 saturated carbocycles. The highest BCUT2D eigenvalue weighted by Gasteiger charge is 2.46. The zero-order valence-corrected chi connectivity index (χ0v) is 43.4. The third kappa shape index (κ3) is 7.33. The maximum absolute atomic E-state index is 2.51. The first-order valence-electron chi connectivity index (χ1n) is 27.3. The van der Waals surface area contributed by atoms with Crippen LogP contribution in [0, 0.1) is 0 Å². The van der Waals surface area contributed by atoms with Crippen molar-refractivity contribution in [2.45, 2.75) is 5.41 Å². The fourth-order valence-corrected chi connectivity index (χ4v) is 13.2. The molecule has 0 saturated heterocycles.